The van der Waals surface area contributed by atoms with Crippen molar-refractivity contribution in [3.05, 3.63) is 41.7 Å². The molecule has 2 amide bonds. The van der Waals surface area contributed by atoms with E-state index in [4.69, 9.17) is 0 Å². The molecule has 2 saturated heterocycles. The Hall–Kier alpha value is -2.70. The van der Waals surface area contributed by atoms with Gasteiger partial charge in [-0.3, -0.25) is 9.59 Å². The Bertz CT molecular complexity index is 847. The molecule has 154 valence electrons. The lowest BCUT2D eigenvalue weighted by Crippen LogP contribution is -2.44. The Morgan fingerprint density at radius 3 is 2.17 bits per heavy atom. The number of hydrogen-bond donors (Lipinski definition) is 0. The van der Waals surface area contributed by atoms with E-state index in [0.29, 0.717) is 24.5 Å². The van der Waals surface area contributed by atoms with E-state index in [1.165, 1.54) is 17.6 Å². The summed E-state index contributed by atoms with van der Waals surface area (Å²) in [4.78, 5) is 31.2. The number of rotatable bonds is 3. The molecule has 0 spiro atoms. The van der Waals surface area contributed by atoms with Crippen molar-refractivity contribution >= 4 is 11.8 Å². The second kappa shape index (κ2) is 8.76. The molecule has 29 heavy (non-hydrogen) atoms. The van der Waals surface area contributed by atoms with Crippen molar-refractivity contribution in [3.8, 4) is 5.69 Å². The molecule has 0 aliphatic carbocycles. The zero-order valence-electron chi connectivity index (χ0n) is 17.1. The normalized spacial score (nSPS) is 18.5. The number of benzene rings is 1. The second-order valence-electron chi connectivity index (χ2n) is 8.06. The number of carbonyl (C=O) groups is 2. The van der Waals surface area contributed by atoms with E-state index in [2.05, 4.69) is 10.2 Å². The largest absolute Gasteiger partial charge is 0.342 e. The van der Waals surface area contributed by atoms with Gasteiger partial charge in [-0.2, -0.15) is 9.90 Å². The first-order valence-corrected chi connectivity index (χ1v) is 10.7. The number of carbonyl (C=O) groups excluding carboxylic acids is 2. The molecule has 3 heterocycles. The summed E-state index contributed by atoms with van der Waals surface area (Å²) >= 11 is 0. The highest BCUT2D eigenvalue weighted by atomic mass is 16.2. The fourth-order valence-electron chi connectivity index (χ4n) is 4.28. The van der Waals surface area contributed by atoms with Gasteiger partial charge in [0.2, 0.25) is 5.91 Å². The van der Waals surface area contributed by atoms with Gasteiger partial charge in [0.25, 0.3) is 5.91 Å². The predicted octanol–water partition coefficient (Wildman–Crippen LogP) is 2.83. The lowest BCUT2D eigenvalue weighted by Gasteiger charge is -2.33. The molecular formula is C22H29N5O2. The topological polar surface area (TPSA) is 71.3 Å². The number of para-hydroxylation sites is 1. The molecule has 1 aromatic carbocycles. The lowest BCUT2D eigenvalue weighted by atomic mass is 9.95. The lowest BCUT2D eigenvalue weighted by molar-refractivity contribution is -0.136. The summed E-state index contributed by atoms with van der Waals surface area (Å²) in [6.45, 7) is 4.79. The highest BCUT2D eigenvalue weighted by molar-refractivity contribution is 5.93. The first-order chi connectivity index (χ1) is 14.1. The molecule has 7 nitrogen and oxygen atoms in total. The van der Waals surface area contributed by atoms with Gasteiger partial charge in [0.05, 0.1) is 11.4 Å². The van der Waals surface area contributed by atoms with Crippen LogP contribution in [0.15, 0.2) is 30.3 Å². The van der Waals surface area contributed by atoms with E-state index in [9.17, 15) is 9.59 Å². The van der Waals surface area contributed by atoms with Crippen LogP contribution in [0, 0.1) is 12.8 Å². The second-order valence-corrected chi connectivity index (χ2v) is 8.06. The number of aryl methyl sites for hydroxylation is 1. The van der Waals surface area contributed by atoms with Crippen LogP contribution in [0.4, 0.5) is 0 Å². The van der Waals surface area contributed by atoms with Gasteiger partial charge in [0.1, 0.15) is 0 Å². The maximum atomic E-state index is 13.0. The van der Waals surface area contributed by atoms with Crippen LogP contribution in [0.3, 0.4) is 0 Å². The SMILES string of the molecule is Cc1nn(-c2ccccc2)nc1C(=O)N1CCC(C(=O)N2CCCCCC2)CC1. The maximum absolute atomic E-state index is 13.0. The number of piperidine rings is 1. The Kier molecular flexibility index (Phi) is 5.92. The summed E-state index contributed by atoms with van der Waals surface area (Å²) < 4.78 is 0. The Balaban J connectivity index is 1.38. The summed E-state index contributed by atoms with van der Waals surface area (Å²) in [5.74, 6) is 0.230. The standard InChI is InChI=1S/C22H29N5O2/c1-17-20(24-27(23-17)19-9-5-4-6-10-19)22(29)26-15-11-18(12-16-26)21(28)25-13-7-2-3-8-14-25/h4-6,9-10,18H,2-3,7-8,11-16H2,1H3. The molecular weight excluding hydrogens is 366 g/mol. The summed E-state index contributed by atoms with van der Waals surface area (Å²) in [6.07, 6.45) is 6.12. The molecule has 0 bridgehead atoms. The molecule has 1 aromatic heterocycles. The van der Waals surface area contributed by atoms with Crippen LogP contribution in [-0.4, -0.2) is 62.8 Å². The fraction of sp³-hybridized carbons (Fsp3) is 0.545. The molecule has 0 saturated carbocycles. The number of likely N-dealkylation sites (tertiary alicyclic amines) is 2. The van der Waals surface area contributed by atoms with E-state index in [0.717, 1.165) is 44.5 Å². The smallest absolute Gasteiger partial charge is 0.276 e. The number of amides is 2. The first kappa shape index (κ1) is 19.6. The van der Waals surface area contributed by atoms with Crippen molar-refractivity contribution in [3.63, 3.8) is 0 Å². The minimum atomic E-state index is -0.0923. The zero-order chi connectivity index (χ0) is 20.2. The molecule has 0 N–H and O–H groups in total. The van der Waals surface area contributed by atoms with Crippen LogP contribution in [0.5, 0.6) is 0 Å². The van der Waals surface area contributed by atoms with Crippen molar-refractivity contribution < 1.29 is 9.59 Å². The van der Waals surface area contributed by atoms with E-state index in [1.807, 2.05) is 47.1 Å². The van der Waals surface area contributed by atoms with Gasteiger partial charge < -0.3 is 9.80 Å². The van der Waals surface area contributed by atoms with Crippen LogP contribution < -0.4 is 0 Å². The van der Waals surface area contributed by atoms with Crippen molar-refractivity contribution in [2.75, 3.05) is 26.2 Å². The maximum Gasteiger partial charge on any atom is 0.276 e. The van der Waals surface area contributed by atoms with Gasteiger partial charge in [-0.1, -0.05) is 31.0 Å². The average Bonchev–Trinajstić information content (AvgIpc) is 2.97. The van der Waals surface area contributed by atoms with Gasteiger partial charge in [-0.15, -0.1) is 5.10 Å². The molecule has 2 aliphatic rings. The van der Waals surface area contributed by atoms with Crippen LogP contribution in [0.1, 0.15) is 54.7 Å². The summed E-state index contributed by atoms with van der Waals surface area (Å²) in [6, 6.07) is 9.59. The fourth-order valence-corrected chi connectivity index (χ4v) is 4.28. The van der Waals surface area contributed by atoms with Crippen LogP contribution in [-0.2, 0) is 4.79 Å². The third-order valence-electron chi connectivity index (χ3n) is 6.02. The van der Waals surface area contributed by atoms with E-state index < -0.39 is 0 Å². The van der Waals surface area contributed by atoms with Crippen LogP contribution >= 0.6 is 0 Å². The molecule has 2 aliphatic heterocycles. The average molecular weight is 396 g/mol. The monoisotopic (exact) mass is 395 g/mol. The van der Waals surface area contributed by atoms with Gasteiger partial charge in [0, 0.05) is 32.1 Å². The molecule has 0 atom stereocenters. The quantitative estimate of drug-likeness (QED) is 0.801. The predicted molar refractivity (Wildman–Crippen MR) is 110 cm³/mol. The minimum Gasteiger partial charge on any atom is -0.342 e. The molecule has 7 heteroatoms. The van der Waals surface area contributed by atoms with Crippen LogP contribution in [0.25, 0.3) is 5.69 Å². The van der Waals surface area contributed by atoms with Gasteiger partial charge in [-0.25, -0.2) is 0 Å². The van der Waals surface area contributed by atoms with E-state index >= 15 is 0 Å². The Labute approximate surface area is 171 Å². The van der Waals surface area contributed by atoms with E-state index in [-0.39, 0.29) is 17.7 Å². The highest BCUT2D eigenvalue weighted by Gasteiger charge is 2.32. The van der Waals surface area contributed by atoms with Gasteiger partial charge in [0.15, 0.2) is 5.69 Å². The third kappa shape index (κ3) is 4.33. The van der Waals surface area contributed by atoms with Crippen molar-refractivity contribution in [2.45, 2.75) is 45.4 Å². The van der Waals surface area contributed by atoms with Gasteiger partial charge in [-0.05, 0) is 44.7 Å². The molecule has 0 unspecified atom stereocenters. The van der Waals surface area contributed by atoms with Crippen molar-refractivity contribution in [2.24, 2.45) is 5.92 Å². The van der Waals surface area contributed by atoms with Gasteiger partial charge >= 0.3 is 0 Å². The van der Waals surface area contributed by atoms with Crippen LogP contribution in [0.2, 0.25) is 0 Å². The molecule has 4 rings (SSSR count). The van der Waals surface area contributed by atoms with Crippen molar-refractivity contribution in [1.29, 1.82) is 0 Å². The number of hydrogen-bond acceptors (Lipinski definition) is 4. The van der Waals surface area contributed by atoms with Crippen molar-refractivity contribution in [1.82, 2.24) is 24.8 Å². The summed E-state index contributed by atoms with van der Waals surface area (Å²) in [7, 11) is 0. The number of aromatic nitrogens is 3. The highest BCUT2D eigenvalue weighted by Crippen LogP contribution is 2.23. The molecule has 2 fully saturated rings. The summed E-state index contributed by atoms with van der Waals surface area (Å²) in [5, 5.41) is 8.84. The minimum absolute atomic E-state index is 0.0400. The summed E-state index contributed by atoms with van der Waals surface area (Å²) in [5.41, 5.74) is 1.85. The Morgan fingerprint density at radius 1 is 0.862 bits per heavy atom. The zero-order valence-corrected chi connectivity index (χ0v) is 17.1. The number of nitrogens with zero attached hydrogens (tertiary/aromatic N) is 5. The Morgan fingerprint density at radius 2 is 1.52 bits per heavy atom. The third-order valence-corrected chi connectivity index (χ3v) is 6.02. The molecule has 0 radical (unpaired) electrons. The molecule has 2 aromatic rings. The first-order valence-electron chi connectivity index (χ1n) is 10.7. The van der Waals surface area contributed by atoms with E-state index in [1.54, 1.807) is 0 Å².